The molecule has 1 aromatic heterocycles. The van der Waals surface area contributed by atoms with Gasteiger partial charge in [-0.1, -0.05) is 46.4 Å². The molecule has 0 fully saturated rings. The number of hydrogen-bond acceptors (Lipinski definition) is 4. The molecule has 0 saturated heterocycles. The van der Waals surface area contributed by atoms with Gasteiger partial charge in [-0.05, 0) is 24.3 Å². The zero-order valence-electron chi connectivity index (χ0n) is 14.6. The molecule has 29 heavy (non-hydrogen) atoms. The molecule has 0 radical (unpaired) electrons. The van der Waals surface area contributed by atoms with Crippen molar-refractivity contribution >= 4 is 46.4 Å². The van der Waals surface area contributed by atoms with Crippen molar-refractivity contribution in [2.45, 2.75) is 12.8 Å². The number of nitrogens with zero attached hydrogens (tertiary/aromatic N) is 1. The molecule has 0 unspecified atom stereocenters. The summed E-state index contributed by atoms with van der Waals surface area (Å²) in [6.07, 6.45) is -2.05. The molecule has 4 nitrogen and oxygen atoms in total. The Balaban J connectivity index is 1.82. The summed E-state index contributed by atoms with van der Waals surface area (Å²) >= 11 is 23.4. The highest BCUT2D eigenvalue weighted by Gasteiger charge is 2.32. The molecule has 0 amide bonds. The molecule has 1 aromatic carbocycles. The summed E-state index contributed by atoms with van der Waals surface area (Å²) in [6, 6.07) is 5.27. The average Bonchev–Trinajstić information content (AvgIpc) is 2.62. The maximum atomic E-state index is 12.6. The third-order valence-electron chi connectivity index (χ3n) is 3.37. The second kappa shape index (κ2) is 11.1. The summed E-state index contributed by atoms with van der Waals surface area (Å²) < 4.78 is 54.0. The number of hydrogen-bond donors (Lipinski definition) is 0. The molecule has 0 saturated carbocycles. The standard InChI is InChI=1S/C18H14Cl4F3NO3/c19-14-7-12(28-4-2-17(21)22)8-15(20)13(14)10-27-5-6-29-11-1-3-26-16(9-11)18(23,24)25/h1-3,7-9H,4-6,10H2. The quantitative estimate of drug-likeness (QED) is 0.366. The minimum absolute atomic E-state index is 0.0310. The van der Waals surface area contributed by atoms with Crippen molar-refractivity contribution in [2.24, 2.45) is 0 Å². The van der Waals surface area contributed by atoms with E-state index in [9.17, 15) is 13.2 Å². The minimum Gasteiger partial charge on any atom is -0.491 e. The lowest BCUT2D eigenvalue weighted by Gasteiger charge is -2.12. The van der Waals surface area contributed by atoms with Gasteiger partial charge in [-0.2, -0.15) is 13.2 Å². The lowest BCUT2D eigenvalue weighted by Crippen LogP contribution is -2.10. The Hall–Kier alpha value is -1.38. The highest BCUT2D eigenvalue weighted by Crippen LogP contribution is 2.31. The van der Waals surface area contributed by atoms with E-state index in [0.717, 1.165) is 12.3 Å². The predicted molar refractivity (Wildman–Crippen MR) is 106 cm³/mol. The van der Waals surface area contributed by atoms with Crippen molar-refractivity contribution < 1.29 is 27.4 Å². The normalized spacial score (nSPS) is 11.3. The Labute approximate surface area is 185 Å². The molecule has 0 atom stereocenters. The van der Waals surface area contributed by atoms with E-state index in [1.807, 2.05) is 0 Å². The molecule has 0 spiro atoms. The third kappa shape index (κ3) is 8.10. The summed E-state index contributed by atoms with van der Waals surface area (Å²) in [5.41, 5.74) is -0.490. The first-order valence-corrected chi connectivity index (χ1v) is 9.53. The van der Waals surface area contributed by atoms with Gasteiger partial charge in [-0.3, -0.25) is 4.98 Å². The van der Waals surface area contributed by atoms with Gasteiger partial charge >= 0.3 is 6.18 Å². The Kier molecular flexibility index (Phi) is 9.17. The summed E-state index contributed by atoms with van der Waals surface area (Å²) in [5, 5.41) is 0.664. The summed E-state index contributed by atoms with van der Waals surface area (Å²) in [4.78, 5) is 3.26. The van der Waals surface area contributed by atoms with Crippen LogP contribution in [0.4, 0.5) is 13.2 Å². The molecule has 0 aliphatic carbocycles. The number of pyridine rings is 1. The SMILES string of the molecule is FC(F)(F)c1cc(OCCOCc2c(Cl)cc(OCC=C(Cl)Cl)cc2Cl)ccn1. The van der Waals surface area contributed by atoms with Crippen molar-refractivity contribution in [3.63, 3.8) is 0 Å². The zero-order chi connectivity index (χ0) is 21.4. The molecule has 0 bridgehead atoms. The topological polar surface area (TPSA) is 40.6 Å². The van der Waals surface area contributed by atoms with Crippen LogP contribution in [0.3, 0.4) is 0 Å². The number of rotatable bonds is 9. The van der Waals surface area contributed by atoms with E-state index in [1.165, 1.54) is 12.1 Å². The van der Waals surface area contributed by atoms with E-state index >= 15 is 0 Å². The van der Waals surface area contributed by atoms with E-state index in [1.54, 1.807) is 12.1 Å². The highest BCUT2D eigenvalue weighted by atomic mass is 35.5. The average molecular weight is 491 g/mol. The lowest BCUT2D eigenvalue weighted by molar-refractivity contribution is -0.141. The van der Waals surface area contributed by atoms with E-state index < -0.39 is 11.9 Å². The van der Waals surface area contributed by atoms with E-state index in [4.69, 9.17) is 60.6 Å². The highest BCUT2D eigenvalue weighted by molar-refractivity contribution is 6.55. The maximum Gasteiger partial charge on any atom is 0.433 e. The molecular formula is C18H14Cl4F3NO3. The van der Waals surface area contributed by atoms with Crippen LogP contribution in [0.25, 0.3) is 0 Å². The fourth-order valence-electron chi connectivity index (χ4n) is 2.05. The van der Waals surface area contributed by atoms with Gasteiger partial charge in [0.1, 0.15) is 34.9 Å². The largest absolute Gasteiger partial charge is 0.491 e. The fraction of sp³-hybridized carbons (Fsp3) is 0.278. The number of ether oxygens (including phenoxy) is 3. The number of alkyl halides is 3. The second-order valence-electron chi connectivity index (χ2n) is 5.45. The maximum absolute atomic E-state index is 12.6. The monoisotopic (exact) mass is 489 g/mol. The fourth-order valence-corrected chi connectivity index (χ4v) is 2.75. The third-order valence-corrected chi connectivity index (χ3v) is 4.35. The molecular weight excluding hydrogens is 477 g/mol. The Morgan fingerprint density at radius 1 is 1.00 bits per heavy atom. The van der Waals surface area contributed by atoms with Gasteiger partial charge in [0, 0.05) is 17.8 Å². The molecule has 0 N–H and O–H groups in total. The minimum atomic E-state index is -4.54. The van der Waals surface area contributed by atoms with Crippen LogP contribution in [0, 0.1) is 0 Å². The van der Waals surface area contributed by atoms with Crippen molar-refractivity contribution in [2.75, 3.05) is 19.8 Å². The van der Waals surface area contributed by atoms with Gasteiger partial charge in [-0.25, -0.2) is 0 Å². The summed E-state index contributed by atoms with van der Waals surface area (Å²) in [6.45, 7) is 0.364. The van der Waals surface area contributed by atoms with Crippen LogP contribution in [0.5, 0.6) is 11.5 Å². The Morgan fingerprint density at radius 2 is 1.69 bits per heavy atom. The second-order valence-corrected chi connectivity index (χ2v) is 7.27. The van der Waals surface area contributed by atoms with Crippen molar-refractivity contribution in [3.05, 3.63) is 62.3 Å². The zero-order valence-corrected chi connectivity index (χ0v) is 17.6. The van der Waals surface area contributed by atoms with E-state index in [-0.39, 0.29) is 36.7 Å². The van der Waals surface area contributed by atoms with E-state index in [0.29, 0.717) is 21.4 Å². The van der Waals surface area contributed by atoms with Gasteiger partial charge in [0.15, 0.2) is 0 Å². The van der Waals surface area contributed by atoms with Crippen molar-refractivity contribution in [3.8, 4) is 11.5 Å². The molecule has 0 aliphatic heterocycles. The molecule has 11 heteroatoms. The number of aromatic nitrogens is 1. The van der Waals surface area contributed by atoms with Crippen LogP contribution in [-0.4, -0.2) is 24.8 Å². The van der Waals surface area contributed by atoms with Crippen LogP contribution in [0.2, 0.25) is 10.0 Å². The molecule has 2 aromatic rings. The summed E-state index contributed by atoms with van der Waals surface area (Å²) in [7, 11) is 0. The predicted octanol–water partition coefficient (Wildman–Crippen LogP) is 6.70. The first-order chi connectivity index (χ1) is 13.7. The van der Waals surface area contributed by atoms with Gasteiger partial charge in [0.2, 0.25) is 0 Å². The van der Waals surface area contributed by atoms with Gasteiger partial charge in [0.05, 0.1) is 23.3 Å². The Morgan fingerprint density at radius 3 is 2.31 bits per heavy atom. The van der Waals surface area contributed by atoms with E-state index in [2.05, 4.69) is 4.98 Å². The van der Waals surface area contributed by atoms with Crippen LogP contribution < -0.4 is 9.47 Å². The van der Waals surface area contributed by atoms with Gasteiger partial charge in [-0.15, -0.1) is 0 Å². The Bertz CT molecular complexity index is 835. The molecule has 1 heterocycles. The van der Waals surface area contributed by atoms with Gasteiger partial charge < -0.3 is 14.2 Å². The smallest absolute Gasteiger partial charge is 0.433 e. The van der Waals surface area contributed by atoms with Crippen LogP contribution in [-0.2, 0) is 17.5 Å². The van der Waals surface area contributed by atoms with Crippen LogP contribution >= 0.6 is 46.4 Å². The first-order valence-electron chi connectivity index (χ1n) is 8.02. The lowest BCUT2D eigenvalue weighted by atomic mass is 10.2. The molecule has 0 aliphatic rings. The van der Waals surface area contributed by atoms with Crippen LogP contribution in [0.15, 0.2) is 41.0 Å². The van der Waals surface area contributed by atoms with Crippen molar-refractivity contribution in [1.29, 1.82) is 0 Å². The summed E-state index contributed by atoms with van der Waals surface area (Å²) in [5.74, 6) is 0.468. The molecule has 158 valence electrons. The van der Waals surface area contributed by atoms with Crippen LogP contribution in [0.1, 0.15) is 11.3 Å². The number of halogens is 7. The number of benzene rings is 1. The molecule has 2 rings (SSSR count). The van der Waals surface area contributed by atoms with Crippen molar-refractivity contribution in [1.82, 2.24) is 4.98 Å². The first kappa shape index (κ1) is 23.9. The van der Waals surface area contributed by atoms with Gasteiger partial charge in [0.25, 0.3) is 0 Å².